The molecule has 2 aliphatic heterocycles. The van der Waals surface area contributed by atoms with Gasteiger partial charge in [-0.05, 0) is 19.8 Å². The zero-order valence-electron chi connectivity index (χ0n) is 16.5. The molecule has 4 rings (SSSR count). The maximum atomic E-state index is 13.4. The number of fused-ring (bicyclic) bond motifs is 1. The van der Waals surface area contributed by atoms with E-state index >= 15 is 0 Å². The van der Waals surface area contributed by atoms with Crippen molar-refractivity contribution in [3.05, 3.63) is 40.8 Å². The maximum absolute atomic E-state index is 13.4. The summed E-state index contributed by atoms with van der Waals surface area (Å²) < 4.78 is 45.5. The maximum Gasteiger partial charge on any atom is 0.322 e. The second kappa shape index (κ2) is 7.66. The van der Waals surface area contributed by atoms with Crippen LogP contribution in [0.3, 0.4) is 0 Å². The van der Waals surface area contributed by atoms with Crippen molar-refractivity contribution in [1.82, 2.24) is 10.1 Å². The summed E-state index contributed by atoms with van der Waals surface area (Å²) in [6.07, 6.45) is 1.87. The van der Waals surface area contributed by atoms with Gasteiger partial charge in [-0.2, -0.15) is 0 Å². The van der Waals surface area contributed by atoms with Crippen molar-refractivity contribution >= 4 is 23.5 Å². The van der Waals surface area contributed by atoms with E-state index in [2.05, 4.69) is 10.5 Å². The first-order valence-corrected chi connectivity index (χ1v) is 9.81. The summed E-state index contributed by atoms with van der Waals surface area (Å²) in [7, 11) is 0. The molecule has 160 valence electrons. The number of anilines is 2. The van der Waals surface area contributed by atoms with Crippen LogP contribution in [0, 0.1) is 23.4 Å². The Bertz CT molecular complexity index is 986. The highest BCUT2D eigenvalue weighted by Crippen LogP contribution is 2.35. The smallest absolute Gasteiger partial charge is 0.322 e. The van der Waals surface area contributed by atoms with Gasteiger partial charge in [-0.15, -0.1) is 0 Å². The molecule has 2 aromatic rings. The van der Waals surface area contributed by atoms with E-state index in [4.69, 9.17) is 4.52 Å². The summed E-state index contributed by atoms with van der Waals surface area (Å²) in [5, 5.41) is 6.48. The van der Waals surface area contributed by atoms with Crippen LogP contribution in [0.15, 0.2) is 16.7 Å². The Morgan fingerprint density at radius 1 is 1.30 bits per heavy atom. The molecule has 1 aromatic carbocycles. The number of urea groups is 1. The lowest BCUT2D eigenvalue weighted by molar-refractivity contribution is -0.120. The van der Waals surface area contributed by atoms with E-state index in [0.717, 1.165) is 25.0 Å². The predicted octanol–water partition coefficient (Wildman–Crippen LogP) is 3.83. The van der Waals surface area contributed by atoms with Crippen molar-refractivity contribution < 1.29 is 27.3 Å². The van der Waals surface area contributed by atoms with E-state index in [0.29, 0.717) is 30.1 Å². The minimum Gasteiger partial charge on any atom is -0.338 e. The van der Waals surface area contributed by atoms with E-state index in [1.165, 1.54) is 4.90 Å². The van der Waals surface area contributed by atoms with Crippen LogP contribution in [-0.4, -0.2) is 34.6 Å². The van der Waals surface area contributed by atoms with Gasteiger partial charge in [-0.3, -0.25) is 9.69 Å². The first-order chi connectivity index (χ1) is 14.3. The van der Waals surface area contributed by atoms with Gasteiger partial charge in [0.25, 0.3) is 0 Å². The van der Waals surface area contributed by atoms with E-state index < -0.39 is 23.5 Å². The number of carbonyl (C=O) groups is 2. The molecule has 1 N–H and O–H groups in total. The topological polar surface area (TPSA) is 78.7 Å². The standard InChI is InChI=1S/C20H21F3N4O3/c1-3-11-4-5-26(18(11)28)19-13-9-27(10(2)6-16(13)25-30-19)20(29)24-12-7-14(21)17(23)15(22)8-12/h7-8,10-11H,3-6,9H2,1-2H3,(H,24,29)/t10-,11?/m0/s1. The fourth-order valence-corrected chi connectivity index (χ4v) is 3.99. The fraction of sp³-hybridized carbons (Fsp3) is 0.450. The molecule has 0 spiro atoms. The molecule has 0 bridgehead atoms. The van der Waals surface area contributed by atoms with Crippen molar-refractivity contribution in [1.29, 1.82) is 0 Å². The van der Waals surface area contributed by atoms with Gasteiger partial charge in [-0.1, -0.05) is 12.1 Å². The molecule has 1 fully saturated rings. The van der Waals surface area contributed by atoms with Crippen LogP contribution < -0.4 is 10.2 Å². The van der Waals surface area contributed by atoms with Crippen molar-refractivity contribution in [2.75, 3.05) is 16.8 Å². The van der Waals surface area contributed by atoms with E-state index in [1.54, 1.807) is 11.8 Å². The van der Waals surface area contributed by atoms with Crippen LogP contribution in [0.25, 0.3) is 0 Å². The van der Waals surface area contributed by atoms with E-state index in [9.17, 15) is 22.8 Å². The predicted molar refractivity (Wildman–Crippen MR) is 101 cm³/mol. The van der Waals surface area contributed by atoms with Crippen LogP contribution in [0.1, 0.15) is 37.9 Å². The third-order valence-corrected chi connectivity index (χ3v) is 5.75. The lowest BCUT2D eigenvalue weighted by Crippen LogP contribution is -2.45. The molecule has 7 nitrogen and oxygen atoms in total. The van der Waals surface area contributed by atoms with Crippen LogP contribution in [0.4, 0.5) is 29.5 Å². The number of rotatable bonds is 3. The summed E-state index contributed by atoms with van der Waals surface area (Å²) in [4.78, 5) is 28.4. The number of nitrogens with one attached hydrogen (secondary N) is 1. The third-order valence-electron chi connectivity index (χ3n) is 5.75. The van der Waals surface area contributed by atoms with Crippen LogP contribution in [0.5, 0.6) is 0 Å². The highest BCUT2D eigenvalue weighted by atomic mass is 19.2. The van der Waals surface area contributed by atoms with E-state index in [1.807, 2.05) is 6.92 Å². The highest BCUT2D eigenvalue weighted by molar-refractivity contribution is 5.96. The normalized spacial score (nSPS) is 21.2. The Hall–Kier alpha value is -3.04. The Morgan fingerprint density at radius 3 is 2.63 bits per heavy atom. The summed E-state index contributed by atoms with van der Waals surface area (Å²) in [5.74, 6) is -4.12. The molecule has 2 aliphatic rings. The SMILES string of the molecule is CCC1CCN(c2onc3c2CN(C(=O)Nc2cc(F)c(F)c(F)c2)[C@@H](C)C3)C1=O. The summed E-state index contributed by atoms with van der Waals surface area (Å²) in [6, 6.07) is 0.553. The number of nitrogens with zero attached hydrogens (tertiary/aromatic N) is 3. The second-order valence-electron chi connectivity index (χ2n) is 7.66. The highest BCUT2D eigenvalue weighted by Gasteiger charge is 2.39. The molecule has 1 saturated heterocycles. The summed E-state index contributed by atoms with van der Waals surface area (Å²) >= 11 is 0. The Morgan fingerprint density at radius 2 is 2.00 bits per heavy atom. The van der Waals surface area contributed by atoms with Crippen LogP contribution in [-0.2, 0) is 17.8 Å². The largest absolute Gasteiger partial charge is 0.338 e. The molecular formula is C20H21F3N4O3. The first kappa shape index (κ1) is 20.2. The molecule has 0 saturated carbocycles. The van der Waals surface area contributed by atoms with Crippen molar-refractivity contribution in [2.24, 2.45) is 5.92 Å². The lowest BCUT2D eigenvalue weighted by Gasteiger charge is -2.33. The Labute approximate surface area is 170 Å². The van der Waals surface area contributed by atoms with Gasteiger partial charge in [0.05, 0.1) is 17.8 Å². The average Bonchev–Trinajstić information content (AvgIpc) is 3.27. The fourth-order valence-electron chi connectivity index (χ4n) is 3.99. The van der Waals surface area contributed by atoms with Crippen LogP contribution >= 0.6 is 0 Å². The molecule has 2 atom stereocenters. The minimum absolute atomic E-state index is 0.0247. The minimum atomic E-state index is -1.60. The Balaban J connectivity index is 1.55. The molecule has 3 heterocycles. The first-order valence-electron chi connectivity index (χ1n) is 9.81. The zero-order valence-corrected chi connectivity index (χ0v) is 16.5. The molecule has 1 unspecified atom stereocenters. The van der Waals surface area contributed by atoms with Crippen LogP contribution in [0.2, 0.25) is 0 Å². The molecule has 0 aliphatic carbocycles. The Kier molecular flexibility index (Phi) is 5.17. The number of hydrogen-bond acceptors (Lipinski definition) is 4. The zero-order chi connectivity index (χ0) is 21.6. The van der Waals surface area contributed by atoms with Gasteiger partial charge in [0.2, 0.25) is 11.8 Å². The number of carbonyl (C=O) groups excluding carboxylic acids is 2. The van der Waals surface area contributed by atoms with E-state index in [-0.39, 0.29) is 30.1 Å². The number of benzene rings is 1. The monoisotopic (exact) mass is 422 g/mol. The van der Waals surface area contributed by atoms with Gasteiger partial charge in [0, 0.05) is 42.7 Å². The molecule has 3 amide bonds. The molecule has 0 radical (unpaired) electrons. The van der Waals surface area contributed by atoms with Gasteiger partial charge in [-0.25, -0.2) is 18.0 Å². The molecule has 30 heavy (non-hydrogen) atoms. The number of halogens is 3. The summed E-state index contributed by atoms with van der Waals surface area (Å²) in [6.45, 7) is 4.40. The van der Waals surface area contributed by atoms with Gasteiger partial charge >= 0.3 is 6.03 Å². The van der Waals surface area contributed by atoms with Crippen molar-refractivity contribution in [3.63, 3.8) is 0 Å². The number of hydrogen-bond donors (Lipinski definition) is 1. The van der Waals surface area contributed by atoms with Gasteiger partial charge in [0.15, 0.2) is 17.5 Å². The lowest BCUT2D eigenvalue weighted by atomic mass is 10.0. The molecule has 10 heteroatoms. The number of aromatic nitrogens is 1. The van der Waals surface area contributed by atoms with Crippen molar-refractivity contribution in [2.45, 2.75) is 45.7 Å². The molecule has 1 aromatic heterocycles. The van der Waals surface area contributed by atoms with Gasteiger partial charge < -0.3 is 14.7 Å². The second-order valence-corrected chi connectivity index (χ2v) is 7.66. The quantitative estimate of drug-likeness (QED) is 0.763. The number of amides is 3. The van der Waals surface area contributed by atoms with Crippen molar-refractivity contribution in [3.8, 4) is 0 Å². The average molecular weight is 422 g/mol. The molecular weight excluding hydrogens is 401 g/mol. The summed E-state index contributed by atoms with van der Waals surface area (Å²) in [5.41, 5.74) is 1.12. The third kappa shape index (κ3) is 3.40. The van der Waals surface area contributed by atoms with Gasteiger partial charge in [0.1, 0.15) is 0 Å².